The summed E-state index contributed by atoms with van der Waals surface area (Å²) in [6.07, 6.45) is 0. The van der Waals surface area contributed by atoms with Gasteiger partial charge in [-0.15, -0.1) is 0 Å². The third kappa shape index (κ3) is 2.13. The number of anilines is 1. The minimum atomic E-state index is 0.286. The topological polar surface area (TPSA) is 38.9 Å². The van der Waals surface area contributed by atoms with Crippen molar-refractivity contribution in [3.8, 4) is 11.3 Å². The zero-order valence-corrected chi connectivity index (χ0v) is 11.2. The van der Waals surface area contributed by atoms with E-state index in [1.165, 1.54) is 0 Å². The minimum absolute atomic E-state index is 0.286. The summed E-state index contributed by atoms with van der Waals surface area (Å²) in [6, 6.07) is 1.60. The molecule has 0 bridgehead atoms. The standard InChI is InChI=1S/C9H5BrCl2N2S/c10-5-3-15-2-4(5)8-6(11)1-7(12)9(13)14-8/h1-3H,(H2,13,14). The molecule has 0 aliphatic rings. The van der Waals surface area contributed by atoms with Crippen molar-refractivity contribution in [2.45, 2.75) is 0 Å². The normalized spacial score (nSPS) is 10.6. The highest BCUT2D eigenvalue weighted by molar-refractivity contribution is 9.10. The van der Waals surface area contributed by atoms with Crippen LogP contribution in [-0.4, -0.2) is 4.98 Å². The Bertz CT molecular complexity index is 513. The molecule has 0 saturated carbocycles. The van der Waals surface area contributed by atoms with Crippen molar-refractivity contribution < 1.29 is 0 Å². The Morgan fingerprint density at radius 3 is 2.60 bits per heavy atom. The number of nitrogens with two attached hydrogens (primary N) is 1. The molecule has 0 unspecified atom stereocenters. The second-order valence-corrected chi connectivity index (χ2v) is 5.23. The third-order valence-corrected chi connectivity index (χ3v) is 4.12. The van der Waals surface area contributed by atoms with Gasteiger partial charge in [-0.05, 0) is 22.0 Å². The Morgan fingerprint density at radius 1 is 1.27 bits per heavy atom. The molecule has 2 heterocycles. The van der Waals surface area contributed by atoms with E-state index in [2.05, 4.69) is 20.9 Å². The number of nitrogens with zero attached hydrogens (tertiary/aromatic N) is 1. The average molecular weight is 324 g/mol. The van der Waals surface area contributed by atoms with E-state index in [4.69, 9.17) is 28.9 Å². The van der Waals surface area contributed by atoms with Crippen molar-refractivity contribution in [2.75, 3.05) is 5.73 Å². The van der Waals surface area contributed by atoms with E-state index < -0.39 is 0 Å². The summed E-state index contributed by atoms with van der Waals surface area (Å²) >= 11 is 16.8. The molecule has 0 aliphatic carbocycles. The van der Waals surface area contributed by atoms with Crippen LogP contribution in [0.2, 0.25) is 10.0 Å². The number of aromatic nitrogens is 1. The lowest BCUT2D eigenvalue weighted by Gasteiger charge is -2.05. The number of hydrogen-bond donors (Lipinski definition) is 1. The summed E-state index contributed by atoms with van der Waals surface area (Å²) in [5.74, 6) is 0.286. The van der Waals surface area contributed by atoms with Gasteiger partial charge in [0.05, 0.1) is 15.7 Å². The summed E-state index contributed by atoms with van der Waals surface area (Å²) in [7, 11) is 0. The van der Waals surface area contributed by atoms with Gasteiger partial charge in [-0.2, -0.15) is 11.3 Å². The molecule has 15 heavy (non-hydrogen) atoms. The van der Waals surface area contributed by atoms with E-state index in [0.717, 1.165) is 10.0 Å². The van der Waals surface area contributed by atoms with E-state index in [1.54, 1.807) is 17.4 Å². The molecular formula is C9H5BrCl2N2S. The van der Waals surface area contributed by atoms with Gasteiger partial charge in [-0.25, -0.2) is 4.98 Å². The van der Waals surface area contributed by atoms with Crippen LogP contribution < -0.4 is 5.73 Å². The lowest BCUT2D eigenvalue weighted by atomic mass is 10.2. The predicted molar refractivity (Wildman–Crippen MR) is 69.7 cm³/mol. The third-order valence-electron chi connectivity index (χ3n) is 1.83. The summed E-state index contributed by atoms with van der Waals surface area (Å²) in [4.78, 5) is 4.17. The van der Waals surface area contributed by atoms with Crippen molar-refractivity contribution in [1.82, 2.24) is 4.98 Å². The second kappa shape index (κ2) is 4.29. The summed E-state index contributed by atoms with van der Waals surface area (Å²) < 4.78 is 0.948. The molecule has 0 aromatic carbocycles. The SMILES string of the molecule is Nc1nc(-c2cscc2Br)c(Cl)cc1Cl. The van der Waals surface area contributed by atoms with Crippen molar-refractivity contribution in [2.24, 2.45) is 0 Å². The Kier molecular flexibility index (Phi) is 3.21. The largest absolute Gasteiger partial charge is 0.382 e. The fraction of sp³-hybridized carbons (Fsp3) is 0. The van der Waals surface area contributed by atoms with Crippen molar-refractivity contribution in [3.63, 3.8) is 0 Å². The fourth-order valence-electron chi connectivity index (χ4n) is 1.12. The van der Waals surface area contributed by atoms with Gasteiger partial charge < -0.3 is 5.73 Å². The van der Waals surface area contributed by atoms with Crippen LogP contribution in [0.3, 0.4) is 0 Å². The van der Waals surface area contributed by atoms with E-state index in [-0.39, 0.29) is 5.82 Å². The van der Waals surface area contributed by atoms with E-state index in [1.807, 2.05) is 10.8 Å². The fourth-order valence-corrected chi connectivity index (χ4v) is 3.05. The molecular weight excluding hydrogens is 319 g/mol. The molecule has 2 nitrogen and oxygen atoms in total. The molecule has 2 rings (SSSR count). The van der Waals surface area contributed by atoms with Crippen LogP contribution in [-0.2, 0) is 0 Å². The van der Waals surface area contributed by atoms with Crippen LogP contribution >= 0.6 is 50.5 Å². The maximum Gasteiger partial charge on any atom is 0.143 e. The summed E-state index contributed by atoms with van der Waals surface area (Å²) in [5.41, 5.74) is 7.20. The molecule has 0 fully saturated rings. The van der Waals surface area contributed by atoms with Gasteiger partial charge in [-0.1, -0.05) is 23.2 Å². The highest BCUT2D eigenvalue weighted by atomic mass is 79.9. The van der Waals surface area contributed by atoms with Gasteiger partial charge in [0.2, 0.25) is 0 Å². The van der Waals surface area contributed by atoms with Gasteiger partial charge >= 0.3 is 0 Å². The molecule has 0 radical (unpaired) electrons. The van der Waals surface area contributed by atoms with Crippen molar-refractivity contribution in [3.05, 3.63) is 31.3 Å². The first-order chi connectivity index (χ1) is 7.09. The predicted octanol–water partition coefficient (Wildman–Crippen LogP) is 4.46. The Hall–Kier alpha value is -0.290. The van der Waals surface area contributed by atoms with E-state index >= 15 is 0 Å². The summed E-state index contributed by atoms with van der Waals surface area (Å²) in [5, 5.41) is 4.77. The van der Waals surface area contributed by atoms with Gasteiger partial charge in [0.15, 0.2) is 0 Å². The minimum Gasteiger partial charge on any atom is -0.382 e. The van der Waals surface area contributed by atoms with Gasteiger partial charge in [0.25, 0.3) is 0 Å². The molecule has 0 aliphatic heterocycles. The quantitative estimate of drug-likeness (QED) is 0.841. The second-order valence-electron chi connectivity index (χ2n) is 2.82. The van der Waals surface area contributed by atoms with Crippen molar-refractivity contribution in [1.29, 1.82) is 0 Å². The lowest BCUT2D eigenvalue weighted by Crippen LogP contribution is -1.94. The first-order valence-electron chi connectivity index (χ1n) is 3.93. The van der Waals surface area contributed by atoms with Gasteiger partial charge in [0, 0.05) is 20.8 Å². The van der Waals surface area contributed by atoms with Crippen LogP contribution in [0.25, 0.3) is 11.3 Å². The number of pyridine rings is 1. The van der Waals surface area contributed by atoms with Gasteiger partial charge in [0.1, 0.15) is 5.82 Å². The first kappa shape index (κ1) is 11.2. The highest BCUT2D eigenvalue weighted by Crippen LogP contribution is 2.36. The Morgan fingerprint density at radius 2 is 2.00 bits per heavy atom. The molecule has 6 heteroatoms. The first-order valence-corrected chi connectivity index (χ1v) is 6.42. The van der Waals surface area contributed by atoms with E-state index in [0.29, 0.717) is 15.7 Å². The number of nitrogen functional groups attached to an aromatic ring is 1. The highest BCUT2D eigenvalue weighted by Gasteiger charge is 2.12. The molecule has 2 aromatic heterocycles. The number of thiophene rings is 1. The Labute approximate surface area is 109 Å². The van der Waals surface area contributed by atoms with Crippen LogP contribution in [0.5, 0.6) is 0 Å². The molecule has 0 spiro atoms. The van der Waals surface area contributed by atoms with Crippen LogP contribution in [0.15, 0.2) is 21.3 Å². The van der Waals surface area contributed by atoms with Gasteiger partial charge in [-0.3, -0.25) is 0 Å². The lowest BCUT2D eigenvalue weighted by molar-refractivity contribution is 1.34. The smallest absolute Gasteiger partial charge is 0.143 e. The zero-order valence-electron chi connectivity index (χ0n) is 7.30. The molecule has 0 atom stereocenters. The molecule has 0 saturated heterocycles. The number of halogens is 3. The van der Waals surface area contributed by atoms with Crippen LogP contribution in [0.4, 0.5) is 5.82 Å². The molecule has 78 valence electrons. The van der Waals surface area contributed by atoms with Crippen molar-refractivity contribution >= 4 is 56.3 Å². The van der Waals surface area contributed by atoms with E-state index in [9.17, 15) is 0 Å². The number of rotatable bonds is 1. The average Bonchev–Trinajstić information content (AvgIpc) is 2.58. The maximum absolute atomic E-state index is 6.05. The van der Waals surface area contributed by atoms with Crippen LogP contribution in [0, 0.1) is 0 Å². The molecule has 2 N–H and O–H groups in total. The van der Waals surface area contributed by atoms with Crippen LogP contribution in [0.1, 0.15) is 0 Å². The maximum atomic E-state index is 6.05. The summed E-state index contributed by atoms with van der Waals surface area (Å²) in [6.45, 7) is 0. The zero-order chi connectivity index (χ0) is 11.0. The molecule has 2 aromatic rings. The number of hydrogen-bond acceptors (Lipinski definition) is 3. The molecule has 0 amide bonds. The monoisotopic (exact) mass is 322 g/mol. The Balaban J connectivity index is 2.64.